The molecule has 1 aromatic rings. The summed E-state index contributed by atoms with van der Waals surface area (Å²) in [6.07, 6.45) is 5.51. The Labute approximate surface area is 109 Å². The second-order valence-corrected chi connectivity index (χ2v) is 4.95. The topological polar surface area (TPSA) is 39.4 Å². The highest BCUT2D eigenvalue weighted by Gasteiger charge is 2.08. The first-order valence-corrected chi connectivity index (χ1v) is 6.76. The van der Waals surface area contributed by atoms with Gasteiger partial charge in [-0.05, 0) is 19.3 Å². The van der Waals surface area contributed by atoms with Crippen LogP contribution in [0.25, 0.3) is 0 Å². The summed E-state index contributed by atoms with van der Waals surface area (Å²) in [7, 11) is 1.58. The van der Waals surface area contributed by atoms with E-state index in [1.807, 2.05) is 6.07 Å². The molecule has 0 aliphatic carbocycles. The zero-order valence-corrected chi connectivity index (χ0v) is 11.9. The Kier molecular flexibility index (Phi) is 5.96. The summed E-state index contributed by atoms with van der Waals surface area (Å²) < 4.78 is 10.4. The van der Waals surface area contributed by atoms with Gasteiger partial charge in [0.15, 0.2) is 0 Å². The molecule has 1 rings (SSSR count). The Hall–Kier alpha value is -1.25. The van der Waals surface area contributed by atoms with Gasteiger partial charge in [0.1, 0.15) is 11.5 Å². The molecule has 102 valence electrons. The van der Waals surface area contributed by atoms with Crippen molar-refractivity contribution < 1.29 is 9.15 Å². The summed E-state index contributed by atoms with van der Waals surface area (Å²) in [5, 5.41) is 0. The van der Waals surface area contributed by atoms with E-state index in [2.05, 4.69) is 13.8 Å². The normalized spacial score (nSPS) is 12.4. The lowest BCUT2D eigenvalue weighted by molar-refractivity contribution is 0.383. The number of hydrogen-bond acceptors (Lipinski definition) is 3. The van der Waals surface area contributed by atoms with Crippen LogP contribution in [0.1, 0.15) is 50.9 Å². The minimum atomic E-state index is -0.286. The van der Waals surface area contributed by atoms with Gasteiger partial charge in [-0.2, -0.15) is 0 Å². The van der Waals surface area contributed by atoms with Crippen molar-refractivity contribution in [3.63, 3.8) is 0 Å². The van der Waals surface area contributed by atoms with E-state index in [4.69, 9.17) is 9.15 Å². The highest BCUT2D eigenvalue weighted by atomic mass is 16.5. The molecule has 0 aliphatic rings. The summed E-state index contributed by atoms with van der Waals surface area (Å²) in [6.45, 7) is 6.21. The van der Waals surface area contributed by atoms with Crippen LogP contribution in [0.2, 0.25) is 0 Å². The van der Waals surface area contributed by atoms with Crippen molar-refractivity contribution >= 4 is 0 Å². The molecular weight excluding hydrogens is 228 g/mol. The van der Waals surface area contributed by atoms with Crippen molar-refractivity contribution in [1.82, 2.24) is 0 Å². The molecule has 0 fully saturated rings. The molecular formula is C15H24O3. The van der Waals surface area contributed by atoms with Crippen LogP contribution in [0.4, 0.5) is 0 Å². The molecule has 3 nitrogen and oxygen atoms in total. The lowest BCUT2D eigenvalue weighted by Gasteiger charge is -2.08. The zero-order chi connectivity index (χ0) is 13.5. The summed E-state index contributed by atoms with van der Waals surface area (Å²) in [4.78, 5) is 11.6. The van der Waals surface area contributed by atoms with E-state index < -0.39 is 0 Å². The standard InChI is InChI=1S/C15H24O3/c1-5-11(2)8-6-7-9-13-10-14(17-4)12(3)15(16)18-13/h10-11H,5-9H2,1-4H3/t11-/m0/s1. The van der Waals surface area contributed by atoms with Crippen molar-refractivity contribution in [2.75, 3.05) is 7.11 Å². The van der Waals surface area contributed by atoms with E-state index in [0.29, 0.717) is 11.3 Å². The van der Waals surface area contributed by atoms with E-state index in [1.54, 1.807) is 14.0 Å². The maximum atomic E-state index is 11.6. The van der Waals surface area contributed by atoms with Gasteiger partial charge in [-0.1, -0.05) is 33.1 Å². The van der Waals surface area contributed by atoms with Gasteiger partial charge in [0, 0.05) is 12.5 Å². The first kappa shape index (κ1) is 14.8. The third-order valence-corrected chi connectivity index (χ3v) is 3.48. The second kappa shape index (κ2) is 7.24. The largest absolute Gasteiger partial charge is 0.496 e. The van der Waals surface area contributed by atoms with E-state index in [1.165, 1.54) is 19.3 Å². The van der Waals surface area contributed by atoms with E-state index >= 15 is 0 Å². The van der Waals surface area contributed by atoms with Crippen LogP contribution in [0.15, 0.2) is 15.3 Å². The van der Waals surface area contributed by atoms with Gasteiger partial charge in [-0.25, -0.2) is 4.79 Å². The first-order valence-electron chi connectivity index (χ1n) is 6.76. The van der Waals surface area contributed by atoms with Crippen molar-refractivity contribution in [3.8, 4) is 5.75 Å². The molecule has 0 radical (unpaired) electrons. The van der Waals surface area contributed by atoms with Gasteiger partial charge in [0.25, 0.3) is 0 Å². The molecule has 0 bridgehead atoms. The number of unbranched alkanes of at least 4 members (excludes halogenated alkanes) is 1. The third kappa shape index (κ3) is 4.21. The molecule has 1 aromatic heterocycles. The highest BCUT2D eigenvalue weighted by Crippen LogP contribution is 2.18. The van der Waals surface area contributed by atoms with Crippen LogP contribution in [-0.4, -0.2) is 7.11 Å². The van der Waals surface area contributed by atoms with Gasteiger partial charge in [0.05, 0.1) is 12.7 Å². The van der Waals surface area contributed by atoms with Crippen molar-refractivity contribution in [2.45, 2.75) is 52.9 Å². The first-order chi connectivity index (χ1) is 8.58. The van der Waals surface area contributed by atoms with Crippen LogP contribution < -0.4 is 10.4 Å². The predicted molar refractivity (Wildman–Crippen MR) is 73.3 cm³/mol. The molecule has 0 spiro atoms. The maximum Gasteiger partial charge on any atom is 0.342 e. The summed E-state index contributed by atoms with van der Waals surface area (Å²) in [5.74, 6) is 2.14. The fourth-order valence-electron chi connectivity index (χ4n) is 1.91. The lowest BCUT2D eigenvalue weighted by atomic mass is 10.0. The van der Waals surface area contributed by atoms with Gasteiger partial charge < -0.3 is 9.15 Å². The molecule has 0 saturated carbocycles. The molecule has 0 unspecified atom stereocenters. The molecule has 18 heavy (non-hydrogen) atoms. The fourth-order valence-corrected chi connectivity index (χ4v) is 1.91. The average molecular weight is 252 g/mol. The maximum absolute atomic E-state index is 11.6. The predicted octanol–water partition coefficient (Wildman–Crippen LogP) is 3.72. The van der Waals surface area contributed by atoms with Crippen LogP contribution >= 0.6 is 0 Å². The van der Waals surface area contributed by atoms with Crippen LogP contribution in [0.3, 0.4) is 0 Å². The van der Waals surface area contributed by atoms with Crippen molar-refractivity contribution in [1.29, 1.82) is 0 Å². The molecule has 1 heterocycles. The van der Waals surface area contributed by atoms with Gasteiger partial charge in [-0.15, -0.1) is 0 Å². The van der Waals surface area contributed by atoms with Gasteiger partial charge in [0.2, 0.25) is 0 Å². The average Bonchev–Trinajstić information content (AvgIpc) is 2.38. The molecule has 0 saturated heterocycles. The quantitative estimate of drug-likeness (QED) is 0.694. The van der Waals surface area contributed by atoms with Crippen LogP contribution in [-0.2, 0) is 6.42 Å². The van der Waals surface area contributed by atoms with Crippen molar-refractivity contribution in [3.05, 3.63) is 27.8 Å². The summed E-state index contributed by atoms with van der Waals surface area (Å²) >= 11 is 0. The molecule has 3 heteroatoms. The Morgan fingerprint density at radius 1 is 1.39 bits per heavy atom. The minimum Gasteiger partial charge on any atom is -0.496 e. The highest BCUT2D eigenvalue weighted by molar-refractivity contribution is 5.30. The molecule has 0 N–H and O–H groups in total. The smallest absolute Gasteiger partial charge is 0.342 e. The van der Waals surface area contributed by atoms with Crippen LogP contribution in [0.5, 0.6) is 5.75 Å². The monoisotopic (exact) mass is 252 g/mol. The van der Waals surface area contributed by atoms with Gasteiger partial charge in [-0.3, -0.25) is 0 Å². The number of hydrogen-bond donors (Lipinski definition) is 0. The van der Waals surface area contributed by atoms with E-state index in [9.17, 15) is 4.79 Å². The fraction of sp³-hybridized carbons (Fsp3) is 0.667. The Bertz CT molecular complexity index is 420. The number of aryl methyl sites for hydroxylation is 1. The zero-order valence-electron chi connectivity index (χ0n) is 11.9. The van der Waals surface area contributed by atoms with E-state index in [0.717, 1.165) is 24.5 Å². The minimum absolute atomic E-state index is 0.286. The number of rotatable bonds is 7. The SMILES string of the molecule is CC[C@H](C)CCCCc1cc(OC)c(C)c(=O)o1. The molecule has 1 atom stereocenters. The van der Waals surface area contributed by atoms with E-state index in [-0.39, 0.29) is 5.63 Å². The Morgan fingerprint density at radius 3 is 2.72 bits per heavy atom. The second-order valence-electron chi connectivity index (χ2n) is 4.95. The number of ether oxygens (including phenoxy) is 1. The summed E-state index contributed by atoms with van der Waals surface area (Å²) in [6, 6.07) is 1.83. The summed E-state index contributed by atoms with van der Waals surface area (Å²) in [5.41, 5.74) is 0.257. The van der Waals surface area contributed by atoms with Gasteiger partial charge >= 0.3 is 5.63 Å². The molecule has 0 aromatic carbocycles. The van der Waals surface area contributed by atoms with Crippen molar-refractivity contribution in [2.24, 2.45) is 5.92 Å². The third-order valence-electron chi connectivity index (χ3n) is 3.48. The molecule has 0 aliphatic heterocycles. The molecule has 0 amide bonds. The number of methoxy groups -OCH3 is 1. The van der Waals surface area contributed by atoms with Crippen LogP contribution in [0, 0.1) is 12.8 Å². The Morgan fingerprint density at radius 2 is 2.11 bits per heavy atom. The Balaban J connectivity index is 2.53. The lowest BCUT2D eigenvalue weighted by Crippen LogP contribution is -2.07.